The standard InChI is InChI=1S/C21H23Cl2NO3/c1-2-27-17-5-3-4-15(12-17)20(18-7-6-16(22)13-19(18)23)24-10-8-14(9-11-24)21(25)26/h3-7,12-14,20H,2,8-11H2,1H3,(H,25,26). The highest BCUT2D eigenvalue weighted by molar-refractivity contribution is 6.35. The van der Waals surface area contributed by atoms with Gasteiger partial charge in [0.1, 0.15) is 5.75 Å². The van der Waals surface area contributed by atoms with Crippen LogP contribution in [0, 0.1) is 5.92 Å². The van der Waals surface area contributed by atoms with Crippen molar-refractivity contribution in [3.63, 3.8) is 0 Å². The molecule has 0 amide bonds. The zero-order valence-electron chi connectivity index (χ0n) is 15.2. The lowest BCUT2D eigenvalue weighted by Crippen LogP contribution is -2.39. The van der Waals surface area contributed by atoms with Gasteiger partial charge < -0.3 is 9.84 Å². The maximum Gasteiger partial charge on any atom is 0.306 e. The molecular weight excluding hydrogens is 385 g/mol. The van der Waals surface area contributed by atoms with Crippen LogP contribution in [0.4, 0.5) is 0 Å². The van der Waals surface area contributed by atoms with Crippen molar-refractivity contribution in [3.05, 3.63) is 63.6 Å². The molecule has 4 nitrogen and oxygen atoms in total. The molecule has 144 valence electrons. The Bertz CT molecular complexity index is 804. The Kier molecular flexibility index (Phi) is 6.64. The zero-order chi connectivity index (χ0) is 19.4. The van der Waals surface area contributed by atoms with Crippen LogP contribution in [0.25, 0.3) is 0 Å². The van der Waals surface area contributed by atoms with Gasteiger partial charge in [-0.25, -0.2) is 0 Å². The summed E-state index contributed by atoms with van der Waals surface area (Å²) in [7, 11) is 0. The number of carboxylic acid groups (broad SMARTS) is 1. The summed E-state index contributed by atoms with van der Waals surface area (Å²) in [4.78, 5) is 13.6. The molecule has 3 rings (SSSR count). The van der Waals surface area contributed by atoms with E-state index in [2.05, 4.69) is 11.0 Å². The second kappa shape index (κ2) is 8.96. The van der Waals surface area contributed by atoms with Crippen LogP contribution in [0.2, 0.25) is 10.0 Å². The molecule has 27 heavy (non-hydrogen) atoms. The number of nitrogens with zero attached hydrogens (tertiary/aromatic N) is 1. The summed E-state index contributed by atoms with van der Waals surface area (Å²) >= 11 is 12.6. The quantitative estimate of drug-likeness (QED) is 0.707. The van der Waals surface area contributed by atoms with Crippen molar-refractivity contribution in [2.45, 2.75) is 25.8 Å². The number of benzene rings is 2. The molecule has 1 unspecified atom stereocenters. The first-order valence-corrected chi connectivity index (χ1v) is 9.89. The number of halogens is 2. The van der Waals surface area contributed by atoms with Crippen LogP contribution in [-0.2, 0) is 4.79 Å². The highest BCUT2D eigenvalue weighted by Crippen LogP contribution is 2.38. The Morgan fingerprint density at radius 1 is 1.22 bits per heavy atom. The zero-order valence-corrected chi connectivity index (χ0v) is 16.7. The third-order valence-electron chi connectivity index (χ3n) is 4.99. The van der Waals surface area contributed by atoms with Crippen LogP contribution in [-0.4, -0.2) is 35.7 Å². The molecule has 0 bridgehead atoms. The number of likely N-dealkylation sites (tertiary alicyclic amines) is 1. The molecule has 1 atom stereocenters. The van der Waals surface area contributed by atoms with Gasteiger partial charge in [0.2, 0.25) is 0 Å². The fourth-order valence-corrected chi connectivity index (χ4v) is 4.17. The Morgan fingerprint density at radius 2 is 1.96 bits per heavy atom. The van der Waals surface area contributed by atoms with E-state index in [1.165, 1.54) is 0 Å². The van der Waals surface area contributed by atoms with Gasteiger partial charge in [0, 0.05) is 10.0 Å². The lowest BCUT2D eigenvalue weighted by Gasteiger charge is -2.37. The van der Waals surface area contributed by atoms with Crippen LogP contribution in [0.3, 0.4) is 0 Å². The van der Waals surface area contributed by atoms with Crippen LogP contribution >= 0.6 is 23.2 Å². The van der Waals surface area contributed by atoms with E-state index in [-0.39, 0.29) is 12.0 Å². The van der Waals surface area contributed by atoms with Crippen molar-refractivity contribution in [3.8, 4) is 5.75 Å². The normalized spacial score (nSPS) is 16.9. The highest BCUT2D eigenvalue weighted by atomic mass is 35.5. The molecule has 1 aliphatic heterocycles. The summed E-state index contributed by atoms with van der Waals surface area (Å²) in [6.45, 7) is 3.94. The van der Waals surface area contributed by atoms with Gasteiger partial charge in [-0.2, -0.15) is 0 Å². The molecule has 1 aliphatic rings. The monoisotopic (exact) mass is 407 g/mol. The molecule has 0 saturated carbocycles. The molecular formula is C21H23Cl2NO3. The minimum absolute atomic E-state index is 0.0788. The van der Waals surface area contributed by atoms with Crippen LogP contribution < -0.4 is 4.74 Å². The fourth-order valence-electron chi connectivity index (χ4n) is 3.66. The summed E-state index contributed by atoms with van der Waals surface area (Å²) in [6.07, 6.45) is 1.25. The predicted molar refractivity (Wildman–Crippen MR) is 108 cm³/mol. The second-order valence-electron chi connectivity index (χ2n) is 6.72. The summed E-state index contributed by atoms with van der Waals surface area (Å²) < 4.78 is 5.67. The van der Waals surface area contributed by atoms with E-state index in [1.807, 2.05) is 37.3 Å². The molecule has 1 fully saturated rings. The first-order chi connectivity index (χ1) is 13.0. The first-order valence-electron chi connectivity index (χ1n) is 9.14. The van der Waals surface area contributed by atoms with Crippen molar-refractivity contribution in [2.75, 3.05) is 19.7 Å². The molecule has 1 saturated heterocycles. The molecule has 2 aromatic carbocycles. The van der Waals surface area contributed by atoms with Crippen molar-refractivity contribution < 1.29 is 14.6 Å². The molecule has 0 aromatic heterocycles. The lowest BCUT2D eigenvalue weighted by atomic mass is 9.91. The summed E-state index contributed by atoms with van der Waals surface area (Å²) in [5.41, 5.74) is 2.03. The van der Waals surface area contributed by atoms with Gasteiger partial charge in [0.05, 0.1) is 18.6 Å². The molecule has 1 heterocycles. The molecule has 0 radical (unpaired) electrons. The number of hydrogen-bond acceptors (Lipinski definition) is 3. The van der Waals surface area contributed by atoms with Crippen molar-refractivity contribution in [1.29, 1.82) is 0 Å². The molecule has 6 heteroatoms. The third kappa shape index (κ3) is 4.75. The van der Waals surface area contributed by atoms with Crippen molar-refractivity contribution >= 4 is 29.2 Å². The van der Waals surface area contributed by atoms with Crippen LogP contribution in [0.15, 0.2) is 42.5 Å². The minimum atomic E-state index is -0.714. The van der Waals surface area contributed by atoms with Gasteiger partial charge in [-0.3, -0.25) is 9.69 Å². The maximum absolute atomic E-state index is 11.3. The summed E-state index contributed by atoms with van der Waals surface area (Å²) in [5.74, 6) is -0.183. The largest absolute Gasteiger partial charge is 0.494 e. The van der Waals surface area contributed by atoms with E-state index < -0.39 is 5.97 Å². The predicted octanol–water partition coefficient (Wildman–Crippen LogP) is 5.28. The van der Waals surface area contributed by atoms with Gasteiger partial charge in [0.15, 0.2) is 0 Å². The van der Waals surface area contributed by atoms with E-state index in [0.717, 1.165) is 16.9 Å². The summed E-state index contributed by atoms with van der Waals surface area (Å²) in [5, 5.41) is 10.5. The second-order valence-corrected chi connectivity index (χ2v) is 7.57. The van der Waals surface area contributed by atoms with E-state index in [9.17, 15) is 9.90 Å². The van der Waals surface area contributed by atoms with Crippen molar-refractivity contribution in [1.82, 2.24) is 4.90 Å². The van der Waals surface area contributed by atoms with Gasteiger partial charge >= 0.3 is 5.97 Å². The number of piperidine rings is 1. The molecule has 0 aliphatic carbocycles. The number of carbonyl (C=O) groups is 1. The molecule has 1 N–H and O–H groups in total. The highest BCUT2D eigenvalue weighted by Gasteiger charge is 2.31. The van der Waals surface area contributed by atoms with Gasteiger partial charge in [-0.15, -0.1) is 0 Å². The third-order valence-corrected chi connectivity index (χ3v) is 5.55. The topological polar surface area (TPSA) is 49.8 Å². The van der Waals surface area contributed by atoms with Crippen LogP contribution in [0.5, 0.6) is 5.75 Å². The Balaban J connectivity index is 1.97. The Morgan fingerprint density at radius 3 is 2.59 bits per heavy atom. The molecule has 2 aromatic rings. The minimum Gasteiger partial charge on any atom is -0.494 e. The molecule has 0 spiro atoms. The van der Waals surface area contributed by atoms with E-state index in [1.54, 1.807) is 6.07 Å². The Hall–Kier alpha value is -1.75. The smallest absolute Gasteiger partial charge is 0.306 e. The number of aliphatic carboxylic acids is 1. The van der Waals surface area contributed by atoms with Crippen molar-refractivity contribution in [2.24, 2.45) is 5.92 Å². The average Bonchev–Trinajstić information content (AvgIpc) is 2.65. The lowest BCUT2D eigenvalue weighted by molar-refractivity contribution is -0.143. The van der Waals surface area contributed by atoms with Crippen LogP contribution in [0.1, 0.15) is 36.9 Å². The van der Waals surface area contributed by atoms with E-state index in [0.29, 0.717) is 42.6 Å². The fraction of sp³-hybridized carbons (Fsp3) is 0.381. The maximum atomic E-state index is 11.3. The SMILES string of the molecule is CCOc1cccc(C(c2ccc(Cl)cc2Cl)N2CCC(C(=O)O)CC2)c1. The van der Waals surface area contributed by atoms with Gasteiger partial charge in [-0.05, 0) is 68.2 Å². The summed E-state index contributed by atoms with van der Waals surface area (Å²) in [6, 6.07) is 13.5. The first kappa shape index (κ1) is 20.0. The number of hydrogen-bond donors (Lipinski definition) is 1. The average molecular weight is 408 g/mol. The van der Waals surface area contributed by atoms with Gasteiger partial charge in [-0.1, -0.05) is 41.4 Å². The number of rotatable bonds is 6. The number of ether oxygens (including phenoxy) is 1. The number of carboxylic acids is 1. The van der Waals surface area contributed by atoms with E-state index >= 15 is 0 Å². The Labute approximate surface area is 169 Å². The van der Waals surface area contributed by atoms with E-state index in [4.69, 9.17) is 27.9 Å². The van der Waals surface area contributed by atoms with Gasteiger partial charge in [0.25, 0.3) is 0 Å².